The van der Waals surface area contributed by atoms with E-state index in [-0.39, 0.29) is 11.7 Å². The number of thioether (sulfide) groups is 1. The van der Waals surface area contributed by atoms with Gasteiger partial charge in [0.15, 0.2) is 0 Å². The minimum Gasteiger partial charge on any atom is -0.481 e. The van der Waals surface area contributed by atoms with Gasteiger partial charge >= 0.3 is 5.97 Å². The summed E-state index contributed by atoms with van der Waals surface area (Å²) in [6.45, 7) is 0. The zero-order chi connectivity index (χ0) is 24.4. The van der Waals surface area contributed by atoms with Crippen LogP contribution in [0.15, 0.2) is 60.8 Å². The van der Waals surface area contributed by atoms with Gasteiger partial charge in [-0.05, 0) is 70.8 Å². The smallest absolute Gasteiger partial charge is 0.304 e. The minimum atomic E-state index is -0.809. The Bertz CT molecular complexity index is 1500. The van der Waals surface area contributed by atoms with Crippen LogP contribution in [0, 0.1) is 5.82 Å². The first-order valence-electron chi connectivity index (χ1n) is 11.0. The van der Waals surface area contributed by atoms with Crippen LogP contribution < -0.4 is 0 Å². The predicted octanol–water partition coefficient (Wildman–Crippen LogP) is 7.37. The summed E-state index contributed by atoms with van der Waals surface area (Å²) in [4.78, 5) is 20.2. The van der Waals surface area contributed by atoms with Crippen molar-refractivity contribution < 1.29 is 14.3 Å². The summed E-state index contributed by atoms with van der Waals surface area (Å²) < 4.78 is 14.1. The summed E-state index contributed by atoms with van der Waals surface area (Å²) in [5.74, 6) is -0.708. The third-order valence-electron chi connectivity index (χ3n) is 5.76. The molecule has 0 saturated heterocycles. The van der Waals surface area contributed by atoms with E-state index < -0.39 is 11.8 Å². The van der Waals surface area contributed by atoms with Crippen molar-refractivity contribution in [3.8, 4) is 0 Å². The fourth-order valence-corrected chi connectivity index (χ4v) is 5.58. The molecule has 1 N–H and O–H groups in total. The summed E-state index contributed by atoms with van der Waals surface area (Å²) in [5, 5.41) is 9.82. The van der Waals surface area contributed by atoms with E-state index in [0.29, 0.717) is 27.4 Å². The van der Waals surface area contributed by atoms with Gasteiger partial charge in [-0.1, -0.05) is 42.0 Å². The third kappa shape index (κ3) is 5.14. The standard InChI is InChI=1S/C28H20ClFN2O2S/c29-19-15-24(30)21-9-8-20(32-26(21)16-19)7-4-17-3-5-18-6-10-25-22(2-1-12-31-25)28(23(18)14-17)35-13-11-27(33)34/h1-10,12,14-16,28H,11,13H2,(H,33,34)/b7-4+. The van der Waals surface area contributed by atoms with Gasteiger partial charge in [-0.15, -0.1) is 11.8 Å². The molecule has 5 rings (SSSR count). The van der Waals surface area contributed by atoms with Gasteiger partial charge in [0.1, 0.15) is 5.82 Å². The number of carboxylic acid groups (broad SMARTS) is 1. The number of hydrogen-bond donors (Lipinski definition) is 1. The molecule has 0 saturated carbocycles. The van der Waals surface area contributed by atoms with Crippen molar-refractivity contribution in [3.05, 3.63) is 105 Å². The molecular weight excluding hydrogens is 483 g/mol. The normalized spacial score (nSPS) is 14.6. The van der Waals surface area contributed by atoms with Gasteiger partial charge in [0.2, 0.25) is 0 Å². The molecule has 0 aliphatic heterocycles. The van der Waals surface area contributed by atoms with Crippen molar-refractivity contribution in [2.45, 2.75) is 11.7 Å². The maximum atomic E-state index is 14.1. The fourth-order valence-electron chi connectivity index (χ4n) is 4.09. The maximum absolute atomic E-state index is 14.1. The van der Waals surface area contributed by atoms with E-state index in [4.69, 9.17) is 16.7 Å². The highest BCUT2D eigenvalue weighted by atomic mass is 35.5. The van der Waals surface area contributed by atoms with Gasteiger partial charge in [-0.25, -0.2) is 9.37 Å². The average Bonchev–Trinajstić information content (AvgIpc) is 2.99. The second-order valence-electron chi connectivity index (χ2n) is 8.12. The Morgan fingerprint density at radius 2 is 1.97 bits per heavy atom. The van der Waals surface area contributed by atoms with Gasteiger partial charge in [-0.3, -0.25) is 9.78 Å². The number of nitrogens with zero attached hydrogens (tertiary/aromatic N) is 2. The van der Waals surface area contributed by atoms with Crippen LogP contribution in [-0.4, -0.2) is 26.8 Å². The number of hydrogen-bond acceptors (Lipinski definition) is 4. The number of carboxylic acids is 1. The van der Waals surface area contributed by atoms with E-state index in [2.05, 4.69) is 28.2 Å². The van der Waals surface area contributed by atoms with Gasteiger partial charge in [0.05, 0.1) is 28.6 Å². The minimum absolute atomic E-state index is 0.0414. The molecule has 0 fully saturated rings. The Labute approximate surface area is 211 Å². The summed E-state index contributed by atoms with van der Waals surface area (Å²) in [6, 6.07) is 16.6. The topological polar surface area (TPSA) is 63.1 Å². The lowest BCUT2D eigenvalue weighted by molar-refractivity contribution is -0.136. The molecule has 174 valence electrons. The monoisotopic (exact) mass is 502 g/mol. The lowest BCUT2D eigenvalue weighted by atomic mass is 9.98. The Balaban J connectivity index is 1.49. The highest BCUT2D eigenvalue weighted by molar-refractivity contribution is 7.99. The molecule has 4 nitrogen and oxygen atoms in total. The van der Waals surface area contributed by atoms with Crippen molar-refractivity contribution in [2.24, 2.45) is 0 Å². The number of aromatic nitrogens is 2. The maximum Gasteiger partial charge on any atom is 0.304 e. The average molecular weight is 503 g/mol. The van der Waals surface area contributed by atoms with E-state index in [1.54, 1.807) is 36.2 Å². The molecule has 1 aliphatic carbocycles. The quantitative estimate of drug-likeness (QED) is 0.298. The van der Waals surface area contributed by atoms with Crippen LogP contribution in [-0.2, 0) is 4.79 Å². The first-order chi connectivity index (χ1) is 17.0. The van der Waals surface area contributed by atoms with E-state index in [0.717, 1.165) is 27.9 Å². The molecule has 0 spiro atoms. The van der Waals surface area contributed by atoms with E-state index >= 15 is 0 Å². The van der Waals surface area contributed by atoms with Crippen LogP contribution in [0.5, 0.6) is 0 Å². The number of aliphatic carboxylic acids is 1. The molecule has 1 unspecified atom stereocenters. The molecule has 0 bridgehead atoms. The number of carbonyl (C=O) groups is 1. The number of rotatable bonds is 6. The van der Waals surface area contributed by atoms with Crippen LogP contribution in [0.1, 0.15) is 45.3 Å². The van der Waals surface area contributed by atoms with Crippen molar-refractivity contribution in [2.75, 3.05) is 5.75 Å². The number of pyridine rings is 2. The molecule has 1 atom stereocenters. The number of fused-ring (bicyclic) bond motifs is 3. The van der Waals surface area contributed by atoms with E-state index in [1.807, 2.05) is 36.4 Å². The SMILES string of the molecule is O=C(O)CCSC1c2cc(/C=C/c3ccc4c(F)cc(Cl)cc4n3)ccc2C=Cc2ncccc21. The Kier molecular flexibility index (Phi) is 6.66. The molecule has 0 radical (unpaired) electrons. The van der Waals surface area contributed by atoms with Crippen LogP contribution in [0.4, 0.5) is 4.39 Å². The van der Waals surface area contributed by atoms with Crippen LogP contribution in [0.2, 0.25) is 5.02 Å². The van der Waals surface area contributed by atoms with Gasteiger partial charge in [0, 0.05) is 22.4 Å². The summed E-state index contributed by atoms with van der Waals surface area (Å²) in [7, 11) is 0. The molecule has 1 aliphatic rings. The second-order valence-corrected chi connectivity index (χ2v) is 9.77. The molecular formula is C28H20ClFN2O2S. The number of halogens is 2. The highest BCUT2D eigenvalue weighted by Crippen LogP contribution is 2.42. The largest absolute Gasteiger partial charge is 0.481 e. The zero-order valence-corrected chi connectivity index (χ0v) is 20.1. The van der Waals surface area contributed by atoms with Crippen LogP contribution >= 0.6 is 23.4 Å². The van der Waals surface area contributed by atoms with Crippen LogP contribution in [0.3, 0.4) is 0 Å². The molecule has 7 heteroatoms. The first-order valence-corrected chi connectivity index (χ1v) is 12.4. The highest BCUT2D eigenvalue weighted by Gasteiger charge is 2.23. The van der Waals surface area contributed by atoms with Gasteiger partial charge in [-0.2, -0.15) is 0 Å². The van der Waals surface area contributed by atoms with Crippen molar-refractivity contribution in [3.63, 3.8) is 0 Å². The van der Waals surface area contributed by atoms with Gasteiger partial charge in [0.25, 0.3) is 0 Å². The van der Waals surface area contributed by atoms with Gasteiger partial charge < -0.3 is 5.11 Å². The number of benzene rings is 2. The third-order valence-corrected chi connectivity index (χ3v) is 7.26. The molecule has 2 aromatic heterocycles. The molecule has 0 amide bonds. The lowest BCUT2D eigenvalue weighted by Crippen LogP contribution is -2.04. The first kappa shape index (κ1) is 23.3. The van der Waals surface area contributed by atoms with Crippen molar-refractivity contribution in [1.82, 2.24) is 9.97 Å². The zero-order valence-electron chi connectivity index (χ0n) is 18.5. The molecule has 4 aromatic rings. The molecule has 2 heterocycles. The summed E-state index contributed by atoms with van der Waals surface area (Å²) in [6.07, 6.45) is 9.77. The van der Waals surface area contributed by atoms with Crippen LogP contribution in [0.25, 0.3) is 35.2 Å². The fraction of sp³-hybridized carbons (Fsp3) is 0.107. The van der Waals surface area contributed by atoms with Crippen molar-refractivity contribution >= 4 is 64.5 Å². The molecule has 2 aromatic carbocycles. The van der Waals surface area contributed by atoms with E-state index in [1.165, 1.54) is 6.07 Å². The Morgan fingerprint density at radius 1 is 1.09 bits per heavy atom. The Hall–Kier alpha value is -3.48. The molecule has 35 heavy (non-hydrogen) atoms. The Morgan fingerprint density at radius 3 is 2.83 bits per heavy atom. The second kappa shape index (κ2) is 10.0. The predicted molar refractivity (Wildman–Crippen MR) is 142 cm³/mol. The van der Waals surface area contributed by atoms with E-state index in [9.17, 15) is 9.18 Å². The summed E-state index contributed by atoms with van der Waals surface area (Å²) in [5.41, 5.74) is 6.30. The van der Waals surface area contributed by atoms with Crippen molar-refractivity contribution in [1.29, 1.82) is 0 Å². The lowest BCUT2D eigenvalue weighted by Gasteiger charge is -2.20. The summed E-state index contributed by atoms with van der Waals surface area (Å²) >= 11 is 7.60.